The molecule has 3 nitrogen and oxygen atoms in total. The van der Waals surface area contributed by atoms with Crippen molar-refractivity contribution in [1.29, 1.82) is 0 Å². The Morgan fingerprint density at radius 1 is 1.14 bits per heavy atom. The van der Waals surface area contributed by atoms with E-state index in [9.17, 15) is 0 Å². The van der Waals surface area contributed by atoms with Crippen LogP contribution in [0.2, 0.25) is 5.02 Å². The molecule has 0 saturated heterocycles. The van der Waals surface area contributed by atoms with Gasteiger partial charge in [-0.2, -0.15) is 0 Å². The van der Waals surface area contributed by atoms with Crippen molar-refractivity contribution >= 4 is 22.6 Å². The molecular weight excluding hydrogens is 282 g/mol. The molecule has 3 aromatic rings. The number of nitrogens with zero attached hydrogens (tertiary/aromatic N) is 2. The number of benzene rings is 2. The summed E-state index contributed by atoms with van der Waals surface area (Å²) in [5.41, 5.74) is 9.95. The predicted octanol–water partition coefficient (Wildman–Crippen LogP) is 4.23. The van der Waals surface area contributed by atoms with Crippen molar-refractivity contribution in [2.75, 3.05) is 0 Å². The fourth-order valence-corrected chi connectivity index (χ4v) is 2.73. The minimum Gasteiger partial charge on any atom is -0.326 e. The molecule has 0 bridgehead atoms. The molecule has 3 rings (SSSR count). The first-order chi connectivity index (χ1) is 10.2. The van der Waals surface area contributed by atoms with E-state index < -0.39 is 0 Å². The molecule has 0 atom stereocenters. The number of hydrogen-bond acceptors (Lipinski definition) is 2. The highest BCUT2D eigenvalue weighted by atomic mass is 35.5. The lowest BCUT2D eigenvalue weighted by Crippen LogP contribution is -2.00. The normalized spacial score (nSPS) is 11.2. The molecule has 2 aromatic carbocycles. The SMILES string of the molecule is CCCn1c(-c2ccc(CN)cc2)nc2cc(Cl)ccc21. The quantitative estimate of drug-likeness (QED) is 0.783. The number of hydrogen-bond donors (Lipinski definition) is 1. The van der Waals surface area contributed by atoms with E-state index in [4.69, 9.17) is 22.3 Å². The number of halogens is 1. The highest BCUT2D eigenvalue weighted by Gasteiger charge is 2.12. The van der Waals surface area contributed by atoms with Gasteiger partial charge in [0.1, 0.15) is 5.82 Å². The fourth-order valence-electron chi connectivity index (χ4n) is 2.56. The van der Waals surface area contributed by atoms with E-state index in [1.165, 1.54) is 0 Å². The number of imidazole rings is 1. The van der Waals surface area contributed by atoms with Crippen LogP contribution in [0, 0.1) is 0 Å². The first-order valence-corrected chi connectivity index (χ1v) is 7.56. The molecule has 0 aliphatic carbocycles. The van der Waals surface area contributed by atoms with Crippen LogP contribution in [0.3, 0.4) is 0 Å². The summed E-state index contributed by atoms with van der Waals surface area (Å²) in [6, 6.07) is 14.1. The molecular formula is C17H18ClN3. The number of aromatic nitrogens is 2. The lowest BCUT2D eigenvalue weighted by molar-refractivity contribution is 0.704. The predicted molar refractivity (Wildman–Crippen MR) is 88.4 cm³/mol. The molecule has 0 unspecified atom stereocenters. The van der Waals surface area contributed by atoms with Gasteiger partial charge in [-0.3, -0.25) is 0 Å². The largest absolute Gasteiger partial charge is 0.326 e. The summed E-state index contributed by atoms with van der Waals surface area (Å²) in [5, 5.41) is 0.716. The maximum absolute atomic E-state index is 6.08. The van der Waals surface area contributed by atoms with Crippen LogP contribution in [0.1, 0.15) is 18.9 Å². The molecule has 0 amide bonds. The van der Waals surface area contributed by atoms with Crippen LogP contribution in [0.4, 0.5) is 0 Å². The molecule has 0 fully saturated rings. The molecule has 0 radical (unpaired) electrons. The van der Waals surface area contributed by atoms with Crippen LogP contribution in [-0.4, -0.2) is 9.55 Å². The van der Waals surface area contributed by atoms with Gasteiger partial charge in [-0.1, -0.05) is 42.8 Å². The Kier molecular flexibility index (Phi) is 3.95. The van der Waals surface area contributed by atoms with E-state index in [2.05, 4.69) is 35.8 Å². The summed E-state index contributed by atoms with van der Waals surface area (Å²) in [5.74, 6) is 0.984. The zero-order valence-electron chi connectivity index (χ0n) is 12.0. The Bertz CT molecular complexity index is 760. The van der Waals surface area contributed by atoms with E-state index in [1.807, 2.05) is 18.2 Å². The monoisotopic (exact) mass is 299 g/mol. The van der Waals surface area contributed by atoms with Crippen LogP contribution >= 0.6 is 11.6 Å². The summed E-state index contributed by atoms with van der Waals surface area (Å²) < 4.78 is 2.25. The van der Waals surface area contributed by atoms with Crippen molar-refractivity contribution in [3.8, 4) is 11.4 Å². The standard InChI is InChI=1S/C17H18ClN3/c1-2-9-21-16-8-7-14(18)10-15(16)20-17(21)13-5-3-12(11-19)4-6-13/h3-8,10H,2,9,11,19H2,1H3. The lowest BCUT2D eigenvalue weighted by atomic mass is 10.1. The van der Waals surface area contributed by atoms with Crippen molar-refractivity contribution < 1.29 is 0 Å². The molecule has 1 aromatic heterocycles. The molecule has 1 heterocycles. The van der Waals surface area contributed by atoms with Crippen LogP contribution in [0.15, 0.2) is 42.5 Å². The summed E-state index contributed by atoms with van der Waals surface area (Å²) in [4.78, 5) is 4.77. The average Bonchev–Trinajstić information content (AvgIpc) is 2.85. The van der Waals surface area contributed by atoms with Crippen LogP contribution in [0.25, 0.3) is 22.4 Å². The van der Waals surface area contributed by atoms with Crippen molar-refractivity contribution in [2.24, 2.45) is 5.73 Å². The van der Waals surface area contributed by atoms with Crippen LogP contribution < -0.4 is 5.73 Å². The van der Waals surface area contributed by atoms with Crippen LogP contribution in [0.5, 0.6) is 0 Å². The van der Waals surface area contributed by atoms with E-state index in [0.717, 1.165) is 41.0 Å². The van der Waals surface area contributed by atoms with Gasteiger partial charge in [0, 0.05) is 23.7 Å². The molecule has 0 saturated carbocycles. The number of rotatable bonds is 4. The van der Waals surface area contributed by atoms with Gasteiger partial charge < -0.3 is 10.3 Å². The van der Waals surface area contributed by atoms with E-state index >= 15 is 0 Å². The first-order valence-electron chi connectivity index (χ1n) is 7.18. The van der Waals surface area contributed by atoms with Crippen LogP contribution in [-0.2, 0) is 13.1 Å². The van der Waals surface area contributed by atoms with E-state index in [0.29, 0.717) is 11.6 Å². The second-order valence-electron chi connectivity index (χ2n) is 5.12. The smallest absolute Gasteiger partial charge is 0.141 e. The fraction of sp³-hybridized carbons (Fsp3) is 0.235. The van der Waals surface area contributed by atoms with E-state index in [1.54, 1.807) is 0 Å². The summed E-state index contributed by atoms with van der Waals surface area (Å²) in [6.45, 7) is 3.66. The van der Waals surface area contributed by atoms with Gasteiger partial charge >= 0.3 is 0 Å². The van der Waals surface area contributed by atoms with Gasteiger partial charge in [-0.25, -0.2) is 4.98 Å². The molecule has 4 heteroatoms. The zero-order chi connectivity index (χ0) is 14.8. The summed E-state index contributed by atoms with van der Waals surface area (Å²) >= 11 is 6.08. The number of aryl methyl sites for hydroxylation is 1. The Morgan fingerprint density at radius 2 is 1.90 bits per heavy atom. The Labute approximate surface area is 129 Å². The van der Waals surface area contributed by atoms with Crippen molar-refractivity contribution in [2.45, 2.75) is 26.4 Å². The van der Waals surface area contributed by atoms with Gasteiger partial charge in [0.2, 0.25) is 0 Å². The molecule has 21 heavy (non-hydrogen) atoms. The highest BCUT2D eigenvalue weighted by molar-refractivity contribution is 6.31. The van der Waals surface area contributed by atoms with Gasteiger partial charge in [0.25, 0.3) is 0 Å². The maximum Gasteiger partial charge on any atom is 0.141 e. The molecule has 0 aliphatic rings. The number of fused-ring (bicyclic) bond motifs is 1. The van der Waals surface area contributed by atoms with Gasteiger partial charge in [0.15, 0.2) is 0 Å². The van der Waals surface area contributed by atoms with Gasteiger partial charge in [-0.15, -0.1) is 0 Å². The van der Waals surface area contributed by atoms with Gasteiger partial charge in [-0.05, 0) is 30.2 Å². The molecule has 0 aliphatic heterocycles. The topological polar surface area (TPSA) is 43.8 Å². The maximum atomic E-state index is 6.08. The third-order valence-electron chi connectivity index (χ3n) is 3.61. The molecule has 0 spiro atoms. The van der Waals surface area contributed by atoms with Crippen molar-refractivity contribution in [3.05, 3.63) is 53.1 Å². The van der Waals surface area contributed by atoms with Crippen molar-refractivity contribution in [3.63, 3.8) is 0 Å². The minimum absolute atomic E-state index is 0.557. The molecule has 2 N–H and O–H groups in total. The Balaban J connectivity index is 2.17. The first kappa shape index (κ1) is 14.1. The second-order valence-corrected chi connectivity index (χ2v) is 5.56. The molecule has 108 valence electrons. The third-order valence-corrected chi connectivity index (χ3v) is 3.84. The Hall–Kier alpha value is -1.84. The van der Waals surface area contributed by atoms with E-state index in [-0.39, 0.29) is 0 Å². The Morgan fingerprint density at radius 3 is 2.57 bits per heavy atom. The van der Waals surface area contributed by atoms with Crippen molar-refractivity contribution in [1.82, 2.24) is 9.55 Å². The van der Waals surface area contributed by atoms with Gasteiger partial charge in [0.05, 0.1) is 11.0 Å². The summed E-state index contributed by atoms with van der Waals surface area (Å²) in [6.07, 6.45) is 1.06. The minimum atomic E-state index is 0.557. The average molecular weight is 300 g/mol. The summed E-state index contributed by atoms with van der Waals surface area (Å²) in [7, 11) is 0. The highest BCUT2D eigenvalue weighted by Crippen LogP contribution is 2.27. The second kappa shape index (κ2) is 5.88. The number of nitrogens with two attached hydrogens (primary N) is 1. The third kappa shape index (κ3) is 2.67. The lowest BCUT2D eigenvalue weighted by Gasteiger charge is -2.08. The zero-order valence-corrected chi connectivity index (χ0v) is 12.8.